The Bertz CT molecular complexity index is 1150. The van der Waals surface area contributed by atoms with Gasteiger partial charge in [-0.2, -0.15) is 0 Å². The van der Waals surface area contributed by atoms with Gasteiger partial charge in [-0.25, -0.2) is 9.97 Å². The second kappa shape index (κ2) is 8.91. The summed E-state index contributed by atoms with van der Waals surface area (Å²) in [6.07, 6.45) is 2.77. The van der Waals surface area contributed by atoms with E-state index in [-0.39, 0.29) is 11.8 Å². The molecule has 2 aromatic carbocycles. The van der Waals surface area contributed by atoms with Gasteiger partial charge >= 0.3 is 0 Å². The Kier molecular flexibility index (Phi) is 6.04. The Balaban J connectivity index is 1.59. The van der Waals surface area contributed by atoms with Gasteiger partial charge in [-0.3, -0.25) is 9.59 Å². The van der Waals surface area contributed by atoms with E-state index in [4.69, 9.17) is 0 Å². The van der Waals surface area contributed by atoms with Gasteiger partial charge in [0.1, 0.15) is 5.82 Å². The largest absolute Gasteiger partial charge is 0.359 e. The minimum absolute atomic E-state index is 0.0326. The Morgan fingerprint density at radius 3 is 2.53 bits per heavy atom. The third-order valence-corrected chi connectivity index (χ3v) is 6.26. The van der Waals surface area contributed by atoms with Gasteiger partial charge < -0.3 is 10.2 Å². The molecule has 2 heterocycles. The number of amides is 2. The minimum Gasteiger partial charge on any atom is -0.359 e. The maximum atomic E-state index is 13.2. The normalized spacial score (nSPS) is 17.9. The molecular weight excluding hydrogens is 400 g/mol. The molecule has 6 heteroatoms. The van der Waals surface area contributed by atoms with E-state index in [1.54, 1.807) is 25.1 Å². The van der Waals surface area contributed by atoms with Crippen molar-refractivity contribution in [1.82, 2.24) is 20.2 Å². The molecule has 0 radical (unpaired) electrons. The number of likely N-dealkylation sites (tertiary alicyclic amines) is 1. The van der Waals surface area contributed by atoms with Crippen molar-refractivity contribution in [2.45, 2.75) is 26.7 Å². The topological polar surface area (TPSA) is 75.2 Å². The van der Waals surface area contributed by atoms with E-state index in [1.807, 2.05) is 31.2 Å². The zero-order valence-corrected chi connectivity index (χ0v) is 18.8. The van der Waals surface area contributed by atoms with E-state index >= 15 is 0 Å². The van der Waals surface area contributed by atoms with Crippen LogP contribution in [0.4, 0.5) is 0 Å². The fourth-order valence-electron chi connectivity index (χ4n) is 4.57. The van der Waals surface area contributed by atoms with E-state index in [9.17, 15) is 9.59 Å². The lowest BCUT2D eigenvalue weighted by Crippen LogP contribution is -2.44. The van der Waals surface area contributed by atoms with E-state index < -0.39 is 5.41 Å². The fourth-order valence-corrected chi connectivity index (χ4v) is 4.57. The van der Waals surface area contributed by atoms with Gasteiger partial charge in [-0.05, 0) is 43.4 Å². The predicted molar refractivity (Wildman–Crippen MR) is 124 cm³/mol. The van der Waals surface area contributed by atoms with Crippen molar-refractivity contribution >= 4 is 11.8 Å². The smallest absolute Gasteiger partial charge is 0.257 e. The zero-order valence-electron chi connectivity index (χ0n) is 18.8. The Labute approximate surface area is 188 Å². The highest BCUT2D eigenvalue weighted by Crippen LogP contribution is 2.36. The first-order valence-corrected chi connectivity index (χ1v) is 10.9. The summed E-state index contributed by atoms with van der Waals surface area (Å²) in [5.41, 5.74) is 3.83. The molecule has 0 aliphatic carbocycles. The van der Waals surface area contributed by atoms with Crippen LogP contribution >= 0.6 is 0 Å². The molecule has 1 fully saturated rings. The summed E-state index contributed by atoms with van der Waals surface area (Å²) in [5.74, 6) is 0.486. The van der Waals surface area contributed by atoms with Crippen LogP contribution in [0.1, 0.15) is 33.9 Å². The van der Waals surface area contributed by atoms with Gasteiger partial charge in [0.2, 0.25) is 5.91 Å². The van der Waals surface area contributed by atoms with Crippen LogP contribution in [0.15, 0.2) is 60.8 Å². The van der Waals surface area contributed by atoms with Crippen molar-refractivity contribution in [3.63, 3.8) is 0 Å². The molecule has 1 saturated heterocycles. The van der Waals surface area contributed by atoms with Crippen molar-refractivity contribution in [3.8, 4) is 11.1 Å². The van der Waals surface area contributed by atoms with Crippen molar-refractivity contribution in [2.24, 2.45) is 5.41 Å². The number of nitrogens with one attached hydrogen (secondary N) is 1. The number of nitrogens with zero attached hydrogens (tertiary/aromatic N) is 3. The monoisotopic (exact) mass is 428 g/mol. The summed E-state index contributed by atoms with van der Waals surface area (Å²) in [5, 5.41) is 2.83. The summed E-state index contributed by atoms with van der Waals surface area (Å²) >= 11 is 0. The number of hydrogen-bond acceptors (Lipinski definition) is 4. The van der Waals surface area contributed by atoms with Crippen molar-refractivity contribution in [2.75, 3.05) is 20.1 Å². The highest BCUT2D eigenvalue weighted by atomic mass is 16.2. The molecule has 0 saturated carbocycles. The summed E-state index contributed by atoms with van der Waals surface area (Å²) in [6.45, 7) is 4.52. The average Bonchev–Trinajstić information content (AvgIpc) is 3.24. The summed E-state index contributed by atoms with van der Waals surface area (Å²) < 4.78 is 0. The van der Waals surface area contributed by atoms with Gasteiger partial charge in [0.25, 0.3) is 5.91 Å². The lowest BCUT2D eigenvalue weighted by atomic mass is 9.79. The van der Waals surface area contributed by atoms with E-state index in [0.29, 0.717) is 43.0 Å². The number of carbonyl (C=O) groups excluding carboxylic acids is 2. The number of aromatic nitrogens is 2. The molecule has 1 aliphatic rings. The third kappa shape index (κ3) is 4.26. The lowest BCUT2D eigenvalue weighted by Gasteiger charge is -2.28. The molecule has 6 nitrogen and oxygen atoms in total. The summed E-state index contributed by atoms with van der Waals surface area (Å²) in [4.78, 5) is 36.5. The Hall–Kier alpha value is -3.54. The van der Waals surface area contributed by atoms with Crippen molar-refractivity contribution in [3.05, 3.63) is 83.4 Å². The quantitative estimate of drug-likeness (QED) is 0.674. The van der Waals surface area contributed by atoms with Crippen LogP contribution < -0.4 is 5.32 Å². The summed E-state index contributed by atoms with van der Waals surface area (Å²) in [7, 11) is 1.66. The molecule has 32 heavy (non-hydrogen) atoms. The van der Waals surface area contributed by atoms with E-state index in [0.717, 1.165) is 16.7 Å². The highest BCUT2D eigenvalue weighted by Gasteiger charge is 2.46. The van der Waals surface area contributed by atoms with Crippen molar-refractivity contribution < 1.29 is 9.59 Å². The van der Waals surface area contributed by atoms with E-state index in [2.05, 4.69) is 45.6 Å². The number of carbonyl (C=O) groups is 2. The predicted octanol–water partition coefficient (Wildman–Crippen LogP) is 3.58. The van der Waals surface area contributed by atoms with Gasteiger partial charge in [0.15, 0.2) is 0 Å². The molecule has 0 unspecified atom stereocenters. The van der Waals surface area contributed by atoms with Crippen LogP contribution in [0.25, 0.3) is 11.1 Å². The molecule has 1 N–H and O–H groups in total. The lowest BCUT2D eigenvalue weighted by molar-refractivity contribution is -0.129. The van der Waals surface area contributed by atoms with Crippen LogP contribution in [0.5, 0.6) is 0 Å². The van der Waals surface area contributed by atoms with Crippen LogP contribution in [0.2, 0.25) is 0 Å². The summed E-state index contributed by atoms with van der Waals surface area (Å²) in [6, 6.07) is 18.5. The molecule has 164 valence electrons. The Morgan fingerprint density at radius 1 is 1.06 bits per heavy atom. The van der Waals surface area contributed by atoms with Gasteiger partial charge in [0, 0.05) is 26.3 Å². The van der Waals surface area contributed by atoms with Crippen LogP contribution in [-0.4, -0.2) is 46.8 Å². The maximum absolute atomic E-state index is 13.2. The molecule has 0 spiro atoms. The Morgan fingerprint density at radius 2 is 1.81 bits per heavy atom. The van der Waals surface area contributed by atoms with Crippen molar-refractivity contribution in [1.29, 1.82) is 0 Å². The first-order chi connectivity index (χ1) is 15.4. The van der Waals surface area contributed by atoms with Crippen LogP contribution in [0, 0.1) is 19.3 Å². The molecule has 4 rings (SSSR count). The zero-order chi connectivity index (χ0) is 22.7. The van der Waals surface area contributed by atoms with Crippen LogP contribution in [-0.2, 0) is 11.2 Å². The van der Waals surface area contributed by atoms with E-state index in [1.165, 1.54) is 0 Å². The molecular formula is C26H28N4O2. The first-order valence-electron chi connectivity index (χ1n) is 10.9. The minimum atomic E-state index is -0.667. The van der Waals surface area contributed by atoms with Crippen LogP contribution in [0.3, 0.4) is 0 Å². The highest BCUT2D eigenvalue weighted by molar-refractivity contribution is 5.96. The molecule has 1 atom stereocenters. The molecule has 1 aromatic heterocycles. The van der Waals surface area contributed by atoms with Gasteiger partial charge in [-0.15, -0.1) is 0 Å². The second-order valence-corrected chi connectivity index (χ2v) is 8.50. The first kappa shape index (κ1) is 21.7. The number of aryl methyl sites for hydroxylation is 2. The average molecular weight is 429 g/mol. The number of hydrogen-bond donors (Lipinski definition) is 1. The standard InChI is InChI=1S/C26H28N4O2/c1-18-23(16-28-19(2)29-18)24(31)30-13-12-26(17-30,25(32)27-3)15-20-8-7-11-22(14-20)21-9-5-4-6-10-21/h4-11,14,16H,12-13,15,17H2,1-3H3,(H,27,32)/t26-/m1/s1. The molecule has 1 aliphatic heterocycles. The number of benzene rings is 2. The molecule has 2 amide bonds. The third-order valence-electron chi connectivity index (χ3n) is 6.26. The second-order valence-electron chi connectivity index (χ2n) is 8.50. The fraction of sp³-hybridized carbons (Fsp3) is 0.308. The van der Waals surface area contributed by atoms with Gasteiger partial charge in [-0.1, -0.05) is 54.6 Å². The van der Waals surface area contributed by atoms with Gasteiger partial charge in [0.05, 0.1) is 16.7 Å². The molecule has 3 aromatic rings. The maximum Gasteiger partial charge on any atom is 0.257 e. The molecule has 0 bridgehead atoms. The SMILES string of the molecule is CNC(=O)[C@@]1(Cc2cccc(-c3ccccc3)c2)CCN(C(=O)c2cnc(C)nc2C)C1. The number of rotatable bonds is 5.